The fourth-order valence-electron chi connectivity index (χ4n) is 3.39. The topological polar surface area (TPSA) is 67.1 Å². The summed E-state index contributed by atoms with van der Waals surface area (Å²) >= 11 is 0. The molecule has 0 spiro atoms. The highest BCUT2D eigenvalue weighted by atomic mass is 19.1. The molecular formula is C17H18FN5O. The maximum Gasteiger partial charge on any atom is 0.165 e. The monoisotopic (exact) mass is 327 g/mol. The van der Waals surface area contributed by atoms with Gasteiger partial charge in [-0.25, -0.2) is 19.3 Å². The number of aromatic nitrogens is 4. The molecule has 0 bridgehead atoms. The van der Waals surface area contributed by atoms with Crippen LogP contribution >= 0.6 is 0 Å². The zero-order valence-corrected chi connectivity index (χ0v) is 13.3. The van der Waals surface area contributed by atoms with Gasteiger partial charge in [0.1, 0.15) is 12.1 Å². The lowest BCUT2D eigenvalue weighted by Crippen LogP contribution is -2.25. The molecule has 1 N–H and O–H groups in total. The standard InChI is InChI=1S/C17H18FN5O/c1-2-22-10-21-15-16(22)19-9-20-17(15)23-8-13(24)7-14(23)11-4-3-5-12(18)6-11/h3-6,9-10,13-14,24H,2,7-8H2,1H3/t13-,14+/m0/s1. The van der Waals surface area contributed by atoms with Gasteiger partial charge < -0.3 is 14.6 Å². The molecule has 1 saturated heterocycles. The number of anilines is 1. The van der Waals surface area contributed by atoms with Crippen LogP contribution in [0.2, 0.25) is 0 Å². The average Bonchev–Trinajstić information content (AvgIpc) is 3.17. The molecule has 0 saturated carbocycles. The Bertz CT molecular complexity index is 880. The van der Waals surface area contributed by atoms with Crippen LogP contribution in [-0.2, 0) is 6.54 Å². The van der Waals surface area contributed by atoms with E-state index >= 15 is 0 Å². The quantitative estimate of drug-likeness (QED) is 0.799. The zero-order valence-electron chi connectivity index (χ0n) is 13.3. The van der Waals surface area contributed by atoms with E-state index in [9.17, 15) is 9.50 Å². The van der Waals surface area contributed by atoms with Gasteiger partial charge in [-0.15, -0.1) is 0 Å². The second-order valence-corrected chi connectivity index (χ2v) is 6.01. The normalized spacial score (nSPS) is 20.9. The van der Waals surface area contributed by atoms with Gasteiger partial charge in [-0.2, -0.15) is 0 Å². The Balaban J connectivity index is 1.81. The third kappa shape index (κ3) is 2.41. The Morgan fingerprint density at radius 3 is 2.96 bits per heavy atom. The third-order valence-corrected chi connectivity index (χ3v) is 4.51. The number of β-amino-alcohol motifs (C(OH)–C–C–N with tert-alkyl or cyclic N) is 1. The van der Waals surface area contributed by atoms with Gasteiger partial charge in [-0.05, 0) is 31.0 Å². The van der Waals surface area contributed by atoms with E-state index in [1.54, 1.807) is 12.4 Å². The molecule has 24 heavy (non-hydrogen) atoms. The van der Waals surface area contributed by atoms with Gasteiger partial charge in [0.2, 0.25) is 0 Å². The Labute approximate surface area is 138 Å². The molecule has 1 aliphatic heterocycles. The van der Waals surface area contributed by atoms with Crippen LogP contribution in [0.3, 0.4) is 0 Å². The number of aliphatic hydroxyl groups is 1. The van der Waals surface area contributed by atoms with Gasteiger partial charge in [0.15, 0.2) is 17.0 Å². The molecule has 1 aliphatic rings. The fourth-order valence-corrected chi connectivity index (χ4v) is 3.39. The average molecular weight is 327 g/mol. The van der Waals surface area contributed by atoms with Crippen molar-refractivity contribution in [3.63, 3.8) is 0 Å². The molecule has 124 valence electrons. The largest absolute Gasteiger partial charge is 0.391 e. The smallest absolute Gasteiger partial charge is 0.165 e. The van der Waals surface area contributed by atoms with E-state index in [0.717, 1.165) is 17.8 Å². The first kappa shape index (κ1) is 15.0. The van der Waals surface area contributed by atoms with Crippen molar-refractivity contribution in [2.45, 2.75) is 32.0 Å². The first-order valence-corrected chi connectivity index (χ1v) is 8.03. The minimum Gasteiger partial charge on any atom is -0.391 e. The van der Waals surface area contributed by atoms with Crippen LogP contribution in [0.1, 0.15) is 24.9 Å². The van der Waals surface area contributed by atoms with Crippen LogP contribution in [0.15, 0.2) is 36.9 Å². The van der Waals surface area contributed by atoms with Crippen LogP contribution in [-0.4, -0.2) is 37.3 Å². The summed E-state index contributed by atoms with van der Waals surface area (Å²) in [6.07, 6.45) is 3.30. The van der Waals surface area contributed by atoms with Crippen LogP contribution < -0.4 is 4.90 Å². The van der Waals surface area contributed by atoms with Gasteiger partial charge in [0, 0.05) is 13.1 Å². The predicted molar refractivity (Wildman–Crippen MR) is 88.1 cm³/mol. The summed E-state index contributed by atoms with van der Waals surface area (Å²) in [6, 6.07) is 6.36. The molecule has 0 unspecified atom stereocenters. The van der Waals surface area contributed by atoms with E-state index in [2.05, 4.69) is 15.0 Å². The number of aliphatic hydroxyl groups excluding tert-OH is 1. The number of hydrogen-bond acceptors (Lipinski definition) is 5. The highest BCUT2D eigenvalue weighted by Gasteiger charge is 2.34. The second kappa shape index (κ2) is 5.83. The molecule has 1 aromatic carbocycles. The van der Waals surface area contributed by atoms with Crippen molar-refractivity contribution in [3.05, 3.63) is 48.3 Å². The van der Waals surface area contributed by atoms with Gasteiger partial charge >= 0.3 is 0 Å². The minimum atomic E-state index is -0.489. The lowest BCUT2D eigenvalue weighted by atomic mass is 10.0. The second-order valence-electron chi connectivity index (χ2n) is 6.01. The maximum absolute atomic E-state index is 13.6. The van der Waals surface area contributed by atoms with E-state index in [-0.39, 0.29) is 11.9 Å². The summed E-state index contributed by atoms with van der Waals surface area (Å²) in [7, 11) is 0. The van der Waals surface area contributed by atoms with Crippen LogP contribution in [0.5, 0.6) is 0 Å². The number of aryl methyl sites for hydroxylation is 1. The Morgan fingerprint density at radius 2 is 2.17 bits per heavy atom. The number of benzene rings is 1. The van der Waals surface area contributed by atoms with Gasteiger partial charge in [0.25, 0.3) is 0 Å². The highest BCUT2D eigenvalue weighted by Crippen LogP contribution is 2.37. The van der Waals surface area contributed by atoms with E-state index in [1.807, 2.05) is 22.5 Å². The van der Waals surface area contributed by atoms with Gasteiger partial charge in [0.05, 0.1) is 18.5 Å². The summed E-state index contributed by atoms with van der Waals surface area (Å²) in [6.45, 7) is 3.23. The van der Waals surface area contributed by atoms with Crippen molar-refractivity contribution in [2.24, 2.45) is 0 Å². The molecule has 0 aliphatic carbocycles. The first-order valence-electron chi connectivity index (χ1n) is 8.03. The van der Waals surface area contributed by atoms with E-state index < -0.39 is 6.10 Å². The van der Waals surface area contributed by atoms with Crippen molar-refractivity contribution in [2.75, 3.05) is 11.4 Å². The molecule has 7 heteroatoms. The number of imidazole rings is 1. The Hall–Kier alpha value is -2.54. The summed E-state index contributed by atoms with van der Waals surface area (Å²) in [5, 5.41) is 10.2. The summed E-state index contributed by atoms with van der Waals surface area (Å²) in [5.41, 5.74) is 2.30. The van der Waals surface area contributed by atoms with Crippen molar-refractivity contribution in [1.29, 1.82) is 0 Å². The molecule has 3 heterocycles. The maximum atomic E-state index is 13.6. The number of rotatable bonds is 3. The minimum absolute atomic E-state index is 0.138. The fraction of sp³-hybridized carbons (Fsp3) is 0.353. The highest BCUT2D eigenvalue weighted by molar-refractivity contribution is 5.83. The SMILES string of the molecule is CCn1cnc2c(N3C[C@@H](O)C[C@@H]3c3cccc(F)c3)ncnc21. The van der Waals surface area contributed by atoms with Crippen LogP contribution in [0, 0.1) is 5.82 Å². The predicted octanol–water partition coefficient (Wildman–Crippen LogP) is 2.30. The van der Waals surface area contributed by atoms with Crippen LogP contribution in [0.25, 0.3) is 11.2 Å². The molecule has 2 atom stereocenters. The number of hydrogen-bond donors (Lipinski definition) is 1. The van der Waals surface area contributed by atoms with E-state index in [1.165, 1.54) is 18.5 Å². The van der Waals surface area contributed by atoms with Gasteiger partial charge in [-0.3, -0.25) is 0 Å². The van der Waals surface area contributed by atoms with Crippen LogP contribution in [0.4, 0.5) is 10.2 Å². The molecule has 2 aromatic heterocycles. The lowest BCUT2D eigenvalue weighted by molar-refractivity contribution is 0.194. The Morgan fingerprint density at radius 1 is 1.29 bits per heavy atom. The van der Waals surface area contributed by atoms with Gasteiger partial charge in [-0.1, -0.05) is 12.1 Å². The number of nitrogens with zero attached hydrogens (tertiary/aromatic N) is 5. The lowest BCUT2D eigenvalue weighted by Gasteiger charge is -2.25. The number of fused-ring (bicyclic) bond motifs is 1. The number of halogens is 1. The molecule has 0 amide bonds. The molecule has 0 radical (unpaired) electrons. The van der Waals surface area contributed by atoms with E-state index in [4.69, 9.17) is 0 Å². The summed E-state index contributed by atoms with van der Waals surface area (Å²) in [4.78, 5) is 15.2. The van der Waals surface area contributed by atoms with Crippen molar-refractivity contribution in [3.8, 4) is 0 Å². The molecule has 3 aromatic rings. The summed E-state index contributed by atoms with van der Waals surface area (Å²) in [5.74, 6) is 0.398. The molecule has 1 fully saturated rings. The van der Waals surface area contributed by atoms with E-state index in [0.29, 0.717) is 24.3 Å². The zero-order chi connectivity index (χ0) is 16.7. The van der Waals surface area contributed by atoms with Crippen molar-refractivity contribution < 1.29 is 9.50 Å². The molecular weight excluding hydrogens is 309 g/mol. The third-order valence-electron chi connectivity index (χ3n) is 4.51. The molecule has 4 rings (SSSR count). The van der Waals surface area contributed by atoms with Crippen molar-refractivity contribution in [1.82, 2.24) is 19.5 Å². The first-order chi connectivity index (χ1) is 11.7. The van der Waals surface area contributed by atoms with Crippen molar-refractivity contribution >= 4 is 17.0 Å². The summed E-state index contributed by atoms with van der Waals surface area (Å²) < 4.78 is 15.6. The molecule has 6 nitrogen and oxygen atoms in total. The Kier molecular flexibility index (Phi) is 3.65.